The summed E-state index contributed by atoms with van der Waals surface area (Å²) in [5, 5.41) is 6.80. The van der Waals surface area contributed by atoms with Gasteiger partial charge in [-0.05, 0) is 22.0 Å². The topological polar surface area (TPSA) is 85.8 Å². The summed E-state index contributed by atoms with van der Waals surface area (Å²) >= 11 is 3.27. The number of nitrogens with zero attached hydrogens (tertiary/aromatic N) is 3. The molecular weight excluding hydrogens is 298 g/mol. The van der Waals surface area contributed by atoms with Crippen LogP contribution in [-0.2, 0) is 6.54 Å². The van der Waals surface area contributed by atoms with Gasteiger partial charge in [-0.3, -0.25) is 14.5 Å². The average Bonchev–Trinajstić information content (AvgIpc) is 2.75. The molecule has 1 amide bonds. The highest BCUT2D eigenvalue weighted by Crippen LogP contribution is 2.09. The number of hydrogen-bond acceptors (Lipinski definition) is 4. The summed E-state index contributed by atoms with van der Waals surface area (Å²) in [5.74, 6) is -0.163. The number of nitrogen functional groups attached to an aromatic ring is 1. The Labute approximate surface area is 112 Å². The number of anilines is 1. The van der Waals surface area contributed by atoms with Crippen molar-refractivity contribution in [1.82, 2.24) is 20.1 Å². The smallest absolute Gasteiger partial charge is 0.252 e. The monoisotopic (exact) mass is 309 g/mol. The number of aromatic nitrogens is 3. The standard InChI is InChI=1S/C11H12BrN5O/c12-9-3-8(4-14-5-9)11(18)15-1-2-17-7-10(13)6-16-17/h3-7H,1-2,13H2,(H,15,18). The molecule has 0 fully saturated rings. The fourth-order valence-electron chi connectivity index (χ4n) is 1.42. The molecule has 0 atom stereocenters. The largest absolute Gasteiger partial charge is 0.396 e. The van der Waals surface area contributed by atoms with E-state index in [4.69, 9.17) is 5.73 Å². The van der Waals surface area contributed by atoms with Gasteiger partial charge in [0.15, 0.2) is 0 Å². The van der Waals surface area contributed by atoms with Gasteiger partial charge in [-0.2, -0.15) is 5.10 Å². The summed E-state index contributed by atoms with van der Waals surface area (Å²) in [6.45, 7) is 1.05. The maximum atomic E-state index is 11.8. The summed E-state index contributed by atoms with van der Waals surface area (Å²) in [6.07, 6.45) is 6.43. The molecule has 2 aromatic rings. The molecule has 2 aromatic heterocycles. The first kappa shape index (κ1) is 12.6. The second kappa shape index (κ2) is 5.63. The first-order valence-electron chi connectivity index (χ1n) is 5.32. The van der Waals surface area contributed by atoms with Gasteiger partial charge in [0, 0.05) is 29.6 Å². The lowest BCUT2D eigenvalue weighted by Crippen LogP contribution is -2.27. The van der Waals surface area contributed by atoms with Crippen molar-refractivity contribution in [3.8, 4) is 0 Å². The molecule has 3 N–H and O–H groups in total. The number of nitrogens with two attached hydrogens (primary N) is 1. The van der Waals surface area contributed by atoms with Crippen molar-refractivity contribution in [2.45, 2.75) is 6.54 Å². The highest BCUT2D eigenvalue weighted by Gasteiger charge is 2.05. The van der Waals surface area contributed by atoms with Crippen molar-refractivity contribution >= 4 is 27.5 Å². The van der Waals surface area contributed by atoms with Crippen molar-refractivity contribution < 1.29 is 4.79 Å². The average molecular weight is 310 g/mol. The highest BCUT2D eigenvalue weighted by atomic mass is 79.9. The van der Waals surface area contributed by atoms with E-state index >= 15 is 0 Å². The van der Waals surface area contributed by atoms with E-state index in [1.165, 1.54) is 6.20 Å². The van der Waals surface area contributed by atoms with Gasteiger partial charge < -0.3 is 11.1 Å². The second-order valence-electron chi connectivity index (χ2n) is 3.68. The molecule has 2 rings (SSSR count). The van der Waals surface area contributed by atoms with Crippen molar-refractivity contribution in [3.05, 3.63) is 40.9 Å². The third-order valence-corrected chi connectivity index (χ3v) is 2.68. The summed E-state index contributed by atoms with van der Waals surface area (Å²) < 4.78 is 2.45. The fourth-order valence-corrected chi connectivity index (χ4v) is 1.79. The van der Waals surface area contributed by atoms with Crippen molar-refractivity contribution in [2.75, 3.05) is 12.3 Å². The van der Waals surface area contributed by atoms with Gasteiger partial charge in [0.25, 0.3) is 5.91 Å². The molecule has 0 aliphatic carbocycles. The molecule has 0 aliphatic rings. The molecule has 0 saturated heterocycles. The van der Waals surface area contributed by atoms with Gasteiger partial charge in [0.2, 0.25) is 0 Å². The Balaban J connectivity index is 1.85. The van der Waals surface area contributed by atoms with Crippen molar-refractivity contribution in [3.63, 3.8) is 0 Å². The number of pyridine rings is 1. The van der Waals surface area contributed by atoms with Crippen LogP contribution in [0.1, 0.15) is 10.4 Å². The zero-order valence-corrected chi connectivity index (χ0v) is 11.1. The van der Waals surface area contributed by atoms with Crippen LogP contribution in [0.25, 0.3) is 0 Å². The van der Waals surface area contributed by atoms with E-state index in [2.05, 4.69) is 31.3 Å². The molecular formula is C11H12BrN5O. The van der Waals surface area contributed by atoms with Gasteiger partial charge >= 0.3 is 0 Å². The number of amides is 1. The Morgan fingerprint density at radius 2 is 2.28 bits per heavy atom. The van der Waals surface area contributed by atoms with E-state index in [0.29, 0.717) is 24.3 Å². The normalized spacial score (nSPS) is 10.3. The summed E-state index contributed by atoms with van der Waals surface area (Å²) in [7, 11) is 0. The van der Waals surface area contributed by atoms with Crippen LogP contribution in [0.5, 0.6) is 0 Å². The van der Waals surface area contributed by atoms with Crippen LogP contribution in [0, 0.1) is 0 Å². The van der Waals surface area contributed by atoms with Crippen LogP contribution in [-0.4, -0.2) is 27.2 Å². The molecule has 0 saturated carbocycles. The second-order valence-corrected chi connectivity index (χ2v) is 4.60. The number of nitrogens with one attached hydrogen (secondary N) is 1. The third kappa shape index (κ3) is 3.30. The summed E-state index contributed by atoms with van der Waals surface area (Å²) in [4.78, 5) is 15.7. The lowest BCUT2D eigenvalue weighted by Gasteiger charge is -2.05. The number of hydrogen-bond donors (Lipinski definition) is 2. The molecule has 94 valence electrons. The zero-order chi connectivity index (χ0) is 13.0. The lowest BCUT2D eigenvalue weighted by atomic mass is 10.3. The molecule has 2 heterocycles. The molecule has 6 nitrogen and oxygen atoms in total. The van der Waals surface area contributed by atoms with Gasteiger partial charge in [-0.15, -0.1) is 0 Å². The quantitative estimate of drug-likeness (QED) is 0.884. The van der Waals surface area contributed by atoms with Crippen molar-refractivity contribution in [2.24, 2.45) is 0 Å². The molecule has 0 radical (unpaired) electrons. The lowest BCUT2D eigenvalue weighted by molar-refractivity contribution is 0.0951. The van der Waals surface area contributed by atoms with Crippen molar-refractivity contribution in [1.29, 1.82) is 0 Å². The molecule has 0 aliphatic heterocycles. The molecule has 0 unspecified atom stereocenters. The van der Waals surface area contributed by atoms with Crippen LogP contribution in [0.15, 0.2) is 35.3 Å². The van der Waals surface area contributed by atoms with Crippen LogP contribution < -0.4 is 11.1 Å². The van der Waals surface area contributed by atoms with Crippen LogP contribution in [0.2, 0.25) is 0 Å². The number of rotatable bonds is 4. The minimum Gasteiger partial charge on any atom is -0.396 e. The Kier molecular flexibility index (Phi) is 3.93. The molecule has 7 heteroatoms. The van der Waals surface area contributed by atoms with E-state index in [0.717, 1.165) is 4.47 Å². The SMILES string of the molecule is Nc1cnn(CCNC(=O)c2cncc(Br)c2)c1. The van der Waals surface area contributed by atoms with Crippen LogP contribution in [0.4, 0.5) is 5.69 Å². The summed E-state index contributed by atoms with van der Waals surface area (Å²) in [6, 6.07) is 1.72. The molecule has 0 bridgehead atoms. The zero-order valence-electron chi connectivity index (χ0n) is 9.51. The van der Waals surface area contributed by atoms with Gasteiger partial charge in [0.05, 0.1) is 24.0 Å². The van der Waals surface area contributed by atoms with Crippen LogP contribution in [0.3, 0.4) is 0 Å². The minimum atomic E-state index is -0.163. The first-order chi connectivity index (χ1) is 8.65. The third-order valence-electron chi connectivity index (χ3n) is 2.25. The maximum Gasteiger partial charge on any atom is 0.252 e. The van der Waals surface area contributed by atoms with E-state index in [1.54, 1.807) is 29.3 Å². The summed E-state index contributed by atoms with van der Waals surface area (Å²) in [5.41, 5.74) is 6.66. The number of carbonyl (C=O) groups excluding carboxylic acids is 1. The predicted molar refractivity (Wildman–Crippen MR) is 70.9 cm³/mol. The Bertz CT molecular complexity index is 554. The Hall–Kier alpha value is -1.89. The molecule has 0 spiro atoms. The first-order valence-corrected chi connectivity index (χ1v) is 6.11. The Morgan fingerprint density at radius 1 is 1.44 bits per heavy atom. The van der Waals surface area contributed by atoms with Gasteiger partial charge in [0.1, 0.15) is 0 Å². The van der Waals surface area contributed by atoms with E-state index in [1.807, 2.05) is 0 Å². The van der Waals surface area contributed by atoms with Gasteiger partial charge in [-0.25, -0.2) is 0 Å². The fraction of sp³-hybridized carbons (Fsp3) is 0.182. The minimum absolute atomic E-state index is 0.163. The van der Waals surface area contributed by atoms with Crippen LogP contribution >= 0.6 is 15.9 Å². The van der Waals surface area contributed by atoms with Gasteiger partial charge in [-0.1, -0.05) is 0 Å². The molecule has 0 aromatic carbocycles. The number of halogens is 1. The predicted octanol–water partition coefficient (Wildman–Crippen LogP) is 1.05. The maximum absolute atomic E-state index is 11.8. The van der Waals surface area contributed by atoms with E-state index in [9.17, 15) is 4.79 Å². The Morgan fingerprint density at radius 3 is 2.94 bits per heavy atom. The van der Waals surface area contributed by atoms with E-state index in [-0.39, 0.29) is 5.91 Å². The number of carbonyl (C=O) groups is 1. The highest BCUT2D eigenvalue weighted by molar-refractivity contribution is 9.10. The van der Waals surface area contributed by atoms with E-state index < -0.39 is 0 Å². The molecule has 18 heavy (non-hydrogen) atoms.